The zero-order chi connectivity index (χ0) is 16.3. The SMILES string of the molecule is C=C[Si]1(CCC)O[Si](C=C)(C(C)C)O[Si](C=C)(C(C)C)O1. The van der Waals surface area contributed by atoms with Crippen molar-refractivity contribution in [3.05, 3.63) is 36.8 Å². The van der Waals surface area contributed by atoms with Gasteiger partial charge in [-0.1, -0.05) is 58.1 Å². The van der Waals surface area contributed by atoms with Crippen molar-refractivity contribution in [1.82, 2.24) is 0 Å². The summed E-state index contributed by atoms with van der Waals surface area (Å²) in [5.41, 5.74) is 6.35. The van der Waals surface area contributed by atoms with Crippen molar-refractivity contribution >= 4 is 25.7 Å². The maximum absolute atomic E-state index is 6.57. The van der Waals surface area contributed by atoms with Gasteiger partial charge in [0.05, 0.1) is 0 Å². The summed E-state index contributed by atoms with van der Waals surface area (Å²) in [4.78, 5) is 0. The second-order valence-corrected chi connectivity index (χ2v) is 17.2. The smallest absolute Gasteiger partial charge is 0.349 e. The molecule has 0 spiro atoms. The molecule has 0 aromatic rings. The molecule has 2 unspecified atom stereocenters. The first kappa shape index (κ1) is 18.8. The van der Waals surface area contributed by atoms with Crippen LogP contribution in [0, 0.1) is 0 Å². The van der Waals surface area contributed by atoms with E-state index in [0.29, 0.717) is 0 Å². The van der Waals surface area contributed by atoms with Crippen LogP contribution in [0.1, 0.15) is 41.0 Å². The van der Waals surface area contributed by atoms with Crippen LogP contribution in [0.3, 0.4) is 0 Å². The van der Waals surface area contributed by atoms with Gasteiger partial charge in [0.15, 0.2) is 0 Å². The fourth-order valence-corrected chi connectivity index (χ4v) is 19.0. The third-order valence-corrected chi connectivity index (χ3v) is 18.1. The van der Waals surface area contributed by atoms with E-state index >= 15 is 0 Å². The Morgan fingerprint density at radius 2 is 1.24 bits per heavy atom. The van der Waals surface area contributed by atoms with Crippen LogP contribution in [0.4, 0.5) is 0 Å². The van der Waals surface area contributed by atoms with Gasteiger partial charge in [0.1, 0.15) is 0 Å². The molecular formula is C15H30O3Si3. The Kier molecular flexibility index (Phi) is 6.17. The van der Waals surface area contributed by atoms with Crippen LogP contribution in [0.15, 0.2) is 36.8 Å². The fraction of sp³-hybridized carbons (Fsp3) is 0.600. The third-order valence-electron chi connectivity index (χ3n) is 4.07. The minimum Gasteiger partial charge on any atom is -0.409 e. The van der Waals surface area contributed by atoms with E-state index in [1.165, 1.54) is 0 Å². The highest BCUT2D eigenvalue weighted by Gasteiger charge is 2.61. The van der Waals surface area contributed by atoms with Crippen molar-refractivity contribution in [2.24, 2.45) is 0 Å². The molecule has 120 valence electrons. The third kappa shape index (κ3) is 3.41. The molecule has 1 rings (SSSR count). The molecular weight excluding hydrogens is 312 g/mol. The van der Waals surface area contributed by atoms with Crippen molar-refractivity contribution in [1.29, 1.82) is 0 Å². The summed E-state index contributed by atoms with van der Waals surface area (Å²) in [6.45, 7) is 22.8. The number of rotatable bonds is 7. The van der Waals surface area contributed by atoms with Crippen LogP contribution in [0.25, 0.3) is 0 Å². The zero-order valence-corrected chi connectivity index (χ0v) is 17.1. The van der Waals surface area contributed by atoms with E-state index in [1.807, 2.05) is 17.1 Å². The average molecular weight is 343 g/mol. The Labute approximate surface area is 133 Å². The monoisotopic (exact) mass is 342 g/mol. The van der Waals surface area contributed by atoms with Gasteiger partial charge in [0, 0.05) is 0 Å². The van der Waals surface area contributed by atoms with Gasteiger partial charge in [-0.15, -0.1) is 19.7 Å². The average Bonchev–Trinajstić information content (AvgIpc) is 2.46. The molecule has 1 saturated heterocycles. The summed E-state index contributed by atoms with van der Waals surface area (Å²) < 4.78 is 19.7. The van der Waals surface area contributed by atoms with Crippen molar-refractivity contribution in [2.45, 2.75) is 58.2 Å². The van der Waals surface area contributed by atoms with Crippen LogP contribution in [-0.4, -0.2) is 25.7 Å². The summed E-state index contributed by atoms with van der Waals surface area (Å²) in [6, 6.07) is 0.907. The molecule has 0 aromatic heterocycles. The van der Waals surface area contributed by atoms with Crippen molar-refractivity contribution < 1.29 is 12.3 Å². The predicted molar refractivity (Wildman–Crippen MR) is 96.4 cm³/mol. The lowest BCUT2D eigenvalue weighted by molar-refractivity contribution is 0.222. The molecule has 0 aliphatic carbocycles. The predicted octanol–water partition coefficient (Wildman–Crippen LogP) is 4.78. The van der Waals surface area contributed by atoms with Crippen LogP contribution >= 0.6 is 0 Å². The quantitative estimate of drug-likeness (QED) is 0.623. The molecule has 0 N–H and O–H groups in total. The molecule has 1 fully saturated rings. The highest BCUT2D eigenvalue weighted by molar-refractivity contribution is 6.99. The summed E-state index contributed by atoms with van der Waals surface area (Å²) in [7, 11) is -7.53. The van der Waals surface area contributed by atoms with Gasteiger partial charge in [-0.25, -0.2) is 0 Å². The van der Waals surface area contributed by atoms with E-state index in [2.05, 4.69) is 54.4 Å². The van der Waals surface area contributed by atoms with Gasteiger partial charge in [-0.3, -0.25) is 0 Å². The molecule has 0 aromatic carbocycles. The minimum atomic E-state index is -2.53. The topological polar surface area (TPSA) is 27.7 Å². The van der Waals surface area contributed by atoms with Crippen LogP contribution in [0.2, 0.25) is 17.1 Å². The lowest BCUT2D eigenvalue weighted by Crippen LogP contribution is -2.70. The number of hydrogen-bond acceptors (Lipinski definition) is 3. The highest BCUT2D eigenvalue weighted by Crippen LogP contribution is 2.43. The van der Waals surface area contributed by atoms with E-state index in [-0.39, 0.29) is 11.1 Å². The Hall–Kier alpha value is -0.249. The second-order valence-electron chi connectivity index (χ2n) is 6.23. The van der Waals surface area contributed by atoms with Gasteiger partial charge in [-0.2, -0.15) is 0 Å². The first-order chi connectivity index (χ1) is 9.75. The molecule has 1 aliphatic heterocycles. The van der Waals surface area contributed by atoms with E-state index in [0.717, 1.165) is 12.5 Å². The largest absolute Gasteiger partial charge is 0.409 e. The van der Waals surface area contributed by atoms with E-state index in [1.54, 1.807) is 0 Å². The van der Waals surface area contributed by atoms with E-state index in [4.69, 9.17) is 12.3 Å². The van der Waals surface area contributed by atoms with Gasteiger partial charge in [0.25, 0.3) is 0 Å². The van der Waals surface area contributed by atoms with Crippen LogP contribution < -0.4 is 0 Å². The summed E-state index contributed by atoms with van der Waals surface area (Å²) in [5, 5.41) is 0. The number of hydrogen-bond donors (Lipinski definition) is 0. The van der Waals surface area contributed by atoms with Crippen molar-refractivity contribution in [2.75, 3.05) is 0 Å². The molecule has 2 atom stereocenters. The molecule has 0 bridgehead atoms. The summed E-state index contributed by atoms with van der Waals surface area (Å²) in [5.74, 6) is 0. The van der Waals surface area contributed by atoms with Crippen LogP contribution in [0.5, 0.6) is 0 Å². The van der Waals surface area contributed by atoms with Crippen molar-refractivity contribution in [3.63, 3.8) is 0 Å². The molecule has 0 amide bonds. The molecule has 3 nitrogen and oxygen atoms in total. The maximum Gasteiger partial charge on any atom is 0.349 e. The Morgan fingerprint density at radius 3 is 1.48 bits per heavy atom. The summed E-state index contributed by atoms with van der Waals surface area (Å²) in [6.07, 6.45) is 1.01. The van der Waals surface area contributed by atoms with E-state index in [9.17, 15) is 0 Å². The zero-order valence-electron chi connectivity index (χ0n) is 14.1. The lowest BCUT2D eigenvalue weighted by atomic mass is 10.6. The van der Waals surface area contributed by atoms with Gasteiger partial charge < -0.3 is 12.3 Å². The molecule has 1 heterocycles. The molecule has 21 heavy (non-hydrogen) atoms. The minimum absolute atomic E-state index is 0.285. The highest BCUT2D eigenvalue weighted by atomic mass is 28.5. The maximum atomic E-state index is 6.57. The Balaban J connectivity index is 3.42. The summed E-state index contributed by atoms with van der Waals surface area (Å²) >= 11 is 0. The first-order valence-corrected chi connectivity index (χ1v) is 13.8. The lowest BCUT2D eigenvalue weighted by Gasteiger charge is -2.53. The van der Waals surface area contributed by atoms with Crippen molar-refractivity contribution in [3.8, 4) is 0 Å². The molecule has 0 radical (unpaired) electrons. The Bertz CT molecular complexity index is 383. The van der Waals surface area contributed by atoms with Gasteiger partial charge in [0.2, 0.25) is 0 Å². The van der Waals surface area contributed by atoms with Gasteiger partial charge >= 0.3 is 25.7 Å². The van der Waals surface area contributed by atoms with Crippen LogP contribution in [-0.2, 0) is 12.3 Å². The van der Waals surface area contributed by atoms with E-state index < -0.39 is 25.7 Å². The fourth-order valence-electron chi connectivity index (χ4n) is 2.60. The molecule has 1 aliphatic rings. The standard InChI is InChI=1S/C15H30O3Si3/c1-9-13-19(10-2)16-20(11-3,14(5)6)18-21(12-4,17-19)15(7)8/h10-12,14-15H,2-4,9,13H2,1,5-8H3. The Morgan fingerprint density at radius 1 is 0.810 bits per heavy atom. The molecule has 6 heteroatoms. The second kappa shape index (κ2) is 6.89. The molecule has 0 saturated carbocycles. The normalized spacial score (nSPS) is 36.7. The van der Waals surface area contributed by atoms with Gasteiger partial charge in [-0.05, 0) is 17.1 Å². The first-order valence-electron chi connectivity index (χ1n) is 7.76.